The van der Waals surface area contributed by atoms with Crippen LogP contribution in [0, 0.1) is 0 Å². The summed E-state index contributed by atoms with van der Waals surface area (Å²) >= 11 is 1.83. The van der Waals surface area contributed by atoms with Crippen LogP contribution in [0.15, 0.2) is 29.3 Å². The van der Waals surface area contributed by atoms with Gasteiger partial charge in [-0.25, -0.2) is 0 Å². The van der Waals surface area contributed by atoms with Crippen molar-refractivity contribution >= 4 is 28.3 Å². The highest BCUT2D eigenvalue weighted by Crippen LogP contribution is 2.24. The van der Waals surface area contributed by atoms with Crippen LogP contribution in [-0.4, -0.2) is 30.1 Å². The van der Waals surface area contributed by atoms with Gasteiger partial charge in [0, 0.05) is 30.2 Å². The molecule has 1 N–H and O–H groups in total. The molecule has 4 heteroatoms. The predicted octanol–water partition coefficient (Wildman–Crippen LogP) is 3.97. The molecular weight excluding hydrogens is 266 g/mol. The number of hydrogen-bond donors (Lipinski definition) is 1. The molecule has 1 aromatic rings. The summed E-state index contributed by atoms with van der Waals surface area (Å²) in [5.74, 6) is 1.12. The van der Waals surface area contributed by atoms with E-state index in [1.807, 2.05) is 11.8 Å². The minimum atomic E-state index is 0.495. The van der Waals surface area contributed by atoms with Crippen molar-refractivity contribution in [3.8, 4) is 0 Å². The number of nitrogens with one attached hydrogen (secondary N) is 1. The summed E-state index contributed by atoms with van der Waals surface area (Å²) in [6.45, 7) is 4.60. The zero-order valence-electron chi connectivity index (χ0n) is 12.1. The molecular formula is C16H23N3S. The first kappa shape index (κ1) is 13.8. The second kappa shape index (κ2) is 6.53. The molecule has 2 heterocycles. The summed E-state index contributed by atoms with van der Waals surface area (Å²) in [5, 5.41) is 4.50. The normalized spacial score (nSPS) is 22.8. The van der Waals surface area contributed by atoms with E-state index in [9.17, 15) is 0 Å². The Morgan fingerprint density at radius 3 is 2.60 bits per heavy atom. The minimum Gasteiger partial charge on any atom is -0.372 e. The first-order valence-electron chi connectivity index (χ1n) is 7.68. The van der Waals surface area contributed by atoms with Crippen molar-refractivity contribution < 1.29 is 0 Å². The summed E-state index contributed by atoms with van der Waals surface area (Å²) in [6.07, 6.45) is 5.16. The van der Waals surface area contributed by atoms with E-state index < -0.39 is 0 Å². The number of piperidine rings is 1. The second-order valence-corrected chi connectivity index (χ2v) is 6.54. The summed E-state index contributed by atoms with van der Waals surface area (Å²) in [7, 11) is 0. The first-order chi connectivity index (χ1) is 9.85. The van der Waals surface area contributed by atoms with Crippen molar-refractivity contribution in [1.29, 1.82) is 0 Å². The third kappa shape index (κ3) is 3.29. The third-order valence-corrected chi connectivity index (χ3v) is 5.06. The zero-order valence-corrected chi connectivity index (χ0v) is 13.0. The van der Waals surface area contributed by atoms with Gasteiger partial charge in [-0.15, -0.1) is 0 Å². The Morgan fingerprint density at radius 1 is 1.20 bits per heavy atom. The van der Waals surface area contributed by atoms with Crippen molar-refractivity contribution in [2.24, 2.45) is 4.99 Å². The van der Waals surface area contributed by atoms with Crippen LogP contribution in [0.3, 0.4) is 0 Å². The van der Waals surface area contributed by atoms with Crippen molar-refractivity contribution in [2.75, 3.05) is 29.1 Å². The molecule has 0 radical (unpaired) electrons. The highest BCUT2D eigenvalue weighted by molar-refractivity contribution is 8.14. The maximum atomic E-state index is 4.67. The van der Waals surface area contributed by atoms with Crippen molar-refractivity contribution in [2.45, 2.75) is 38.6 Å². The van der Waals surface area contributed by atoms with E-state index in [1.165, 1.54) is 38.0 Å². The van der Waals surface area contributed by atoms with Crippen LogP contribution in [0.1, 0.15) is 32.6 Å². The summed E-state index contributed by atoms with van der Waals surface area (Å²) in [6, 6.07) is 9.30. The van der Waals surface area contributed by atoms with E-state index in [-0.39, 0.29) is 0 Å². The lowest BCUT2D eigenvalue weighted by Crippen LogP contribution is -2.29. The SMILES string of the molecule is CCC1CSC(Nc2ccc(N3CCCCC3)cc2)=N1. The molecule has 0 bridgehead atoms. The molecule has 0 saturated carbocycles. The quantitative estimate of drug-likeness (QED) is 0.912. The van der Waals surface area contributed by atoms with E-state index in [0.717, 1.165) is 23.0 Å². The van der Waals surface area contributed by atoms with Gasteiger partial charge in [-0.05, 0) is 49.9 Å². The second-order valence-electron chi connectivity index (χ2n) is 5.53. The van der Waals surface area contributed by atoms with Crippen LogP contribution in [0.5, 0.6) is 0 Å². The zero-order chi connectivity index (χ0) is 13.8. The molecule has 1 unspecified atom stereocenters. The summed E-state index contributed by atoms with van der Waals surface area (Å²) in [4.78, 5) is 7.16. The number of nitrogens with zero attached hydrogens (tertiary/aromatic N) is 2. The molecule has 20 heavy (non-hydrogen) atoms. The van der Waals surface area contributed by atoms with Gasteiger partial charge in [0.1, 0.15) is 0 Å². The number of anilines is 2. The number of amidine groups is 1. The smallest absolute Gasteiger partial charge is 0.161 e. The molecule has 0 aliphatic carbocycles. The molecule has 0 spiro atoms. The lowest BCUT2D eigenvalue weighted by atomic mass is 10.1. The average Bonchev–Trinajstić information content (AvgIpc) is 2.97. The lowest BCUT2D eigenvalue weighted by Gasteiger charge is -2.28. The fourth-order valence-electron chi connectivity index (χ4n) is 2.72. The van der Waals surface area contributed by atoms with Gasteiger partial charge >= 0.3 is 0 Å². The molecule has 3 nitrogen and oxygen atoms in total. The fourth-order valence-corrected chi connectivity index (χ4v) is 3.80. The van der Waals surface area contributed by atoms with Crippen LogP contribution in [0.25, 0.3) is 0 Å². The molecule has 1 atom stereocenters. The molecule has 1 saturated heterocycles. The average molecular weight is 289 g/mol. The Hall–Kier alpha value is -1.16. The molecule has 1 fully saturated rings. The standard InChI is InChI=1S/C16H23N3S/c1-2-13-12-20-16(17-13)18-14-6-8-15(9-7-14)19-10-4-3-5-11-19/h6-9,13H,2-5,10-12H2,1H3,(H,17,18). The molecule has 1 aromatic carbocycles. The van der Waals surface area contributed by atoms with E-state index in [0.29, 0.717) is 6.04 Å². The van der Waals surface area contributed by atoms with Gasteiger partial charge in [0.2, 0.25) is 0 Å². The molecule has 108 valence electrons. The van der Waals surface area contributed by atoms with Crippen LogP contribution in [-0.2, 0) is 0 Å². The van der Waals surface area contributed by atoms with Gasteiger partial charge in [0.05, 0.1) is 6.04 Å². The van der Waals surface area contributed by atoms with E-state index >= 15 is 0 Å². The maximum absolute atomic E-state index is 4.67. The fraction of sp³-hybridized carbons (Fsp3) is 0.562. The van der Waals surface area contributed by atoms with Crippen molar-refractivity contribution in [3.05, 3.63) is 24.3 Å². The Bertz CT molecular complexity index is 463. The Labute approximate surface area is 125 Å². The Kier molecular flexibility index (Phi) is 4.51. The number of hydrogen-bond acceptors (Lipinski definition) is 4. The van der Waals surface area contributed by atoms with Gasteiger partial charge in [0.15, 0.2) is 5.17 Å². The molecule has 0 aromatic heterocycles. The largest absolute Gasteiger partial charge is 0.372 e. The van der Waals surface area contributed by atoms with Gasteiger partial charge in [-0.3, -0.25) is 4.99 Å². The lowest BCUT2D eigenvalue weighted by molar-refractivity contribution is 0.578. The number of thioether (sulfide) groups is 1. The van der Waals surface area contributed by atoms with Gasteiger partial charge in [0.25, 0.3) is 0 Å². The van der Waals surface area contributed by atoms with Gasteiger partial charge in [-0.2, -0.15) is 0 Å². The van der Waals surface area contributed by atoms with E-state index in [2.05, 4.69) is 46.4 Å². The molecule has 0 amide bonds. The predicted molar refractivity (Wildman–Crippen MR) is 90.1 cm³/mol. The van der Waals surface area contributed by atoms with E-state index in [4.69, 9.17) is 0 Å². The topological polar surface area (TPSA) is 27.6 Å². The summed E-state index contributed by atoms with van der Waals surface area (Å²) < 4.78 is 0. The van der Waals surface area contributed by atoms with Crippen LogP contribution >= 0.6 is 11.8 Å². The minimum absolute atomic E-state index is 0.495. The van der Waals surface area contributed by atoms with Crippen molar-refractivity contribution in [3.63, 3.8) is 0 Å². The molecule has 2 aliphatic rings. The number of aliphatic imine (C=N–C) groups is 1. The first-order valence-corrected chi connectivity index (χ1v) is 8.66. The van der Waals surface area contributed by atoms with Crippen LogP contribution in [0.2, 0.25) is 0 Å². The number of benzene rings is 1. The molecule has 3 rings (SSSR count). The van der Waals surface area contributed by atoms with Crippen LogP contribution < -0.4 is 10.2 Å². The summed E-state index contributed by atoms with van der Waals surface area (Å²) in [5.41, 5.74) is 2.50. The monoisotopic (exact) mass is 289 g/mol. The highest BCUT2D eigenvalue weighted by atomic mass is 32.2. The highest BCUT2D eigenvalue weighted by Gasteiger charge is 2.16. The Morgan fingerprint density at radius 2 is 1.95 bits per heavy atom. The van der Waals surface area contributed by atoms with Gasteiger partial charge in [-0.1, -0.05) is 18.7 Å². The van der Waals surface area contributed by atoms with Crippen LogP contribution in [0.4, 0.5) is 11.4 Å². The maximum Gasteiger partial charge on any atom is 0.161 e. The van der Waals surface area contributed by atoms with Gasteiger partial charge < -0.3 is 10.2 Å². The van der Waals surface area contributed by atoms with Crippen molar-refractivity contribution in [1.82, 2.24) is 0 Å². The van der Waals surface area contributed by atoms with E-state index in [1.54, 1.807) is 0 Å². The Balaban J connectivity index is 1.61. The molecule has 2 aliphatic heterocycles. The number of rotatable bonds is 3. The third-order valence-electron chi connectivity index (χ3n) is 4.02.